The van der Waals surface area contributed by atoms with Crippen LogP contribution >= 0.6 is 11.8 Å². The fraction of sp³-hybridized carbons (Fsp3) is 0.533. The second-order valence-corrected chi connectivity index (χ2v) is 5.40. The van der Waals surface area contributed by atoms with Gasteiger partial charge in [0.05, 0.1) is 6.54 Å². The van der Waals surface area contributed by atoms with E-state index in [-0.39, 0.29) is 0 Å². The molecule has 1 aromatic rings. The quantitative estimate of drug-likeness (QED) is 0.457. The Labute approximate surface area is 121 Å². The molecule has 3 nitrogen and oxygen atoms in total. The number of aryl methyl sites for hydroxylation is 1. The monoisotopic (exact) mass is 279 g/mol. The molecule has 0 unspecified atom stereocenters. The van der Waals surface area contributed by atoms with Crippen molar-refractivity contribution in [3.05, 3.63) is 35.4 Å². The minimum absolute atomic E-state index is 0.862. The van der Waals surface area contributed by atoms with Gasteiger partial charge in [0.2, 0.25) is 0 Å². The van der Waals surface area contributed by atoms with Crippen LogP contribution in [0.5, 0.6) is 0 Å². The van der Waals surface area contributed by atoms with Gasteiger partial charge in [0.15, 0.2) is 5.96 Å². The van der Waals surface area contributed by atoms with Gasteiger partial charge < -0.3 is 10.6 Å². The molecule has 0 bridgehead atoms. The first kappa shape index (κ1) is 15.9. The highest BCUT2D eigenvalue weighted by Crippen LogP contribution is 2.03. The van der Waals surface area contributed by atoms with Crippen molar-refractivity contribution in [2.75, 3.05) is 31.6 Å². The smallest absolute Gasteiger partial charge is 0.191 e. The van der Waals surface area contributed by atoms with Crippen LogP contribution in [0.25, 0.3) is 0 Å². The van der Waals surface area contributed by atoms with Crippen LogP contribution in [0.4, 0.5) is 0 Å². The van der Waals surface area contributed by atoms with E-state index in [1.807, 2.05) is 11.8 Å². The Morgan fingerprint density at radius 2 is 1.95 bits per heavy atom. The van der Waals surface area contributed by atoms with Crippen molar-refractivity contribution in [3.8, 4) is 0 Å². The van der Waals surface area contributed by atoms with Gasteiger partial charge in [-0.3, -0.25) is 4.99 Å². The lowest BCUT2D eigenvalue weighted by atomic mass is 10.1. The molecule has 0 aliphatic carbocycles. The van der Waals surface area contributed by atoms with Gasteiger partial charge in [-0.25, -0.2) is 0 Å². The number of hydrogen-bond acceptors (Lipinski definition) is 2. The summed E-state index contributed by atoms with van der Waals surface area (Å²) < 4.78 is 0. The SMILES string of the molecule is CCNC(=NCCSC)NCCc1ccc(C)cc1. The van der Waals surface area contributed by atoms with Gasteiger partial charge in [0.25, 0.3) is 0 Å². The van der Waals surface area contributed by atoms with E-state index in [1.54, 1.807) is 0 Å². The topological polar surface area (TPSA) is 36.4 Å². The highest BCUT2D eigenvalue weighted by atomic mass is 32.2. The Balaban J connectivity index is 2.34. The summed E-state index contributed by atoms with van der Waals surface area (Å²) >= 11 is 1.82. The maximum absolute atomic E-state index is 4.52. The molecule has 1 rings (SSSR count). The first-order valence-electron chi connectivity index (χ1n) is 6.83. The number of hydrogen-bond donors (Lipinski definition) is 2. The second-order valence-electron chi connectivity index (χ2n) is 4.42. The van der Waals surface area contributed by atoms with E-state index in [0.717, 1.165) is 37.8 Å². The number of nitrogens with zero attached hydrogens (tertiary/aromatic N) is 1. The van der Waals surface area contributed by atoms with Crippen molar-refractivity contribution < 1.29 is 0 Å². The van der Waals surface area contributed by atoms with Crippen LogP contribution < -0.4 is 10.6 Å². The first-order chi connectivity index (χ1) is 9.26. The van der Waals surface area contributed by atoms with Crippen LogP contribution in [0.3, 0.4) is 0 Å². The van der Waals surface area contributed by atoms with Crippen LogP contribution in [0.2, 0.25) is 0 Å². The molecule has 0 saturated heterocycles. The molecular formula is C15H25N3S. The molecule has 1 aromatic carbocycles. The molecule has 0 fully saturated rings. The van der Waals surface area contributed by atoms with Crippen molar-refractivity contribution >= 4 is 17.7 Å². The Kier molecular flexibility index (Phi) is 8.14. The molecule has 4 heteroatoms. The van der Waals surface area contributed by atoms with E-state index >= 15 is 0 Å². The summed E-state index contributed by atoms with van der Waals surface area (Å²) in [6, 6.07) is 8.70. The number of guanidine groups is 1. The number of thioether (sulfide) groups is 1. The zero-order valence-corrected chi connectivity index (χ0v) is 13.0. The molecular weight excluding hydrogens is 254 g/mol. The second kappa shape index (κ2) is 9.73. The lowest BCUT2D eigenvalue weighted by Gasteiger charge is -2.11. The third-order valence-corrected chi connectivity index (χ3v) is 3.33. The standard InChI is InChI=1S/C15H25N3S/c1-4-16-15(18-11-12-19-3)17-10-9-14-7-5-13(2)6-8-14/h5-8H,4,9-12H2,1-3H3,(H2,16,17,18). The Morgan fingerprint density at radius 3 is 2.58 bits per heavy atom. The molecule has 19 heavy (non-hydrogen) atoms. The Morgan fingerprint density at radius 1 is 1.21 bits per heavy atom. The summed E-state index contributed by atoms with van der Waals surface area (Å²) in [5.41, 5.74) is 2.67. The van der Waals surface area contributed by atoms with Crippen molar-refractivity contribution in [1.82, 2.24) is 10.6 Å². The maximum Gasteiger partial charge on any atom is 0.191 e. The summed E-state index contributed by atoms with van der Waals surface area (Å²) in [7, 11) is 0. The van der Waals surface area contributed by atoms with Crippen LogP contribution in [0.15, 0.2) is 29.3 Å². The lowest BCUT2D eigenvalue weighted by molar-refractivity contribution is 0.804. The molecule has 2 N–H and O–H groups in total. The van der Waals surface area contributed by atoms with E-state index in [0.29, 0.717) is 0 Å². The largest absolute Gasteiger partial charge is 0.357 e. The molecule has 0 atom stereocenters. The Hall–Kier alpha value is -1.16. The average molecular weight is 279 g/mol. The van der Waals surface area contributed by atoms with E-state index in [2.05, 4.69) is 60.0 Å². The fourth-order valence-electron chi connectivity index (χ4n) is 1.67. The molecule has 0 amide bonds. The highest BCUT2D eigenvalue weighted by Gasteiger charge is 1.97. The minimum Gasteiger partial charge on any atom is -0.357 e. The van der Waals surface area contributed by atoms with E-state index in [9.17, 15) is 0 Å². The zero-order valence-electron chi connectivity index (χ0n) is 12.2. The van der Waals surface area contributed by atoms with Crippen molar-refractivity contribution in [1.29, 1.82) is 0 Å². The predicted molar refractivity (Wildman–Crippen MR) is 87.2 cm³/mol. The van der Waals surface area contributed by atoms with Crippen LogP contribution in [0.1, 0.15) is 18.1 Å². The Bertz CT molecular complexity index is 373. The van der Waals surface area contributed by atoms with Gasteiger partial charge in [-0.05, 0) is 32.1 Å². The summed E-state index contributed by atoms with van der Waals surface area (Å²) in [5, 5.41) is 6.64. The van der Waals surface area contributed by atoms with E-state index in [4.69, 9.17) is 0 Å². The van der Waals surface area contributed by atoms with Crippen molar-refractivity contribution in [2.24, 2.45) is 4.99 Å². The highest BCUT2D eigenvalue weighted by molar-refractivity contribution is 7.98. The molecule has 0 aliphatic rings. The van der Waals surface area contributed by atoms with Gasteiger partial charge >= 0.3 is 0 Å². The molecule has 0 aromatic heterocycles. The number of nitrogens with one attached hydrogen (secondary N) is 2. The molecule has 0 saturated carbocycles. The van der Waals surface area contributed by atoms with Gasteiger partial charge in [-0.2, -0.15) is 11.8 Å². The van der Waals surface area contributed by atoms with E-state index < -0.39 is 0 Å². The minimum atomic E-state index is 0.862. The van der Waals surface area contributed by atoms with Crippen LogP contribution in [-0.2, 0) is 6.42 Å². The number of aliphatic imine (C=N–C) groups is 1. The van der Waals surface area contributed by atoms with Crippen molar-refractivity contribution in [3.63, 3.8) is 0 Å². The summed E-state index contributed by atoms with van der Waals surface area (Å²) in [6.07, 6.45) is 3.13. The summed E-state index contributed by atoms with van der Waals surface area (Å²) in [6.45, 7) is 6.88. The van der Waals surface area contributed by atoms with Gasteiger partial charge in [-0.1, -0.05) is 29.8 Å². The lowest BCUT2D eigenvalue weighted by Crippen LogP contribution is -2.38. The fourth-order valence-corrected chi connectivity index (χ4v) is 1.94. The first-order valence-corrected chi connectivity index (χ1v) is 8.22. The zero-order chi connectivity index (χ0) is 13.9. The molecule has 0 radical (unpaired) electrons. The maximum atomic E-state index is 4.52. The summed E-state index contributed by atoms with van der Waals surface area (Å²) in [5.74, 6) is 1.98. The number of benzene rings is 1. The van der Waals surface area contributed by atoms with Gasteiger partial charge in [-0.15, -0.1) is 0 Å². The number of rotatable bonds is 7. The molecule has 0 spiro atoms. The van der Waals surface area contributed by atoms with Crippen molar-refractivity contribution in [2.45, 2.75) is 20.3 Å². The molecule has 0 heterocycles. The molecule has 0 aliphatic heterocycles. The van der Waals surface area contributed by atoms with Crippen LogP contribution in [-0.4, -0.2) is 37.6 Å². The predicted octanol–water partition coefficient (Wildman–Crippen LogP) is 2.46. The van der Waals surface area contributed by atoms with Gasteiger partial charge in [0, 0.05) is 18.8 Å². The third kappa shape index (κ3) is 7.11. The summed E-state index contributed by atoms with van der Waals surface area (Å²) in [4.78, 5) is 4.52. The van der Waals surface area contributed by atoms with Gasteiger partial charge in [0.1, 0.15) is 0 Å². The third-order valence-electron chi connectivity index (χ3n) is 2.74. The average Bonchev–Trinajstić information content (AvgIpc) is 2.41. The normalized spacial score (nSPS) is 11.4. The van der Waals surface area contributed by atoms with E-state index in [1.165, 1.54) is 11.1 Å². The molecule has 106 valence electrons. The van der Waals surface area contributed by atoms with Crippen LogP contribution in [0, 0.1) is 6.92 Å².